The molecule has 0 unspecified atom stereocenters. The van der Waals surface area contributed by atoms with Crippen molar-refractivity contribution in [2.75, 3.05) is 0 Å². The van der Waals surface area contributed by atoms with Crippen molar-refractivity contribution in [1.82, 2.24) is 10.6 Å². The number of fused-ring (bicyclic) bond motifs is 1. The molecule has 4 aromatic rings. The predicted octanol–water partition coefficient (Wildman–Crippen LogP) is 4.99. The fourth-order valence-electron chi connectivity index (χ4n) is 5.57. The molecule has 3 aromatic carbocycles. The van der Waals surface area contributed by atoms with E-state index in [0.29, 0.717) is 24.8 Å². The second kappa shape index (κ2) is 13.9. The van der Waals surface area contributed by atoms with Crippen molar-refractivity contribution < 1.29 is 28.4 Å². The first-order valence-electron chi connectivity index (χ1n) is 14.6. The number of rotatable bonds is 13. The van der Waals surface area contributed by atoms with Crippen LogP contribution in [0.1, 0.15) is 53.8 Å². The number of Topliss-reactive ketones (excluding diaryl/α,β-unsaturated/α-hetero) is 3. The van der Waals surface area contributed by atoms with E-state index >= 15 is 0 Å². The van der Waals surface area contributed by atoms with E-state index in [2.05, 4.69) is 10.6 Å². The van der Waals surface area contributed by atoms with Crippen LogP contribution in [-0.2, 0) is 32.1 Å². The maximum absolute atomic E-state index is 13.8. The Morgan fingerprint density at radius 1 is 0.860 bits per heavy atom. The summed E-state index contributed by atoms with van der Waals surface area (Å²) in [4.78, 5) is 65.9. The van der Waals surface area contributed by atoms with Gasteiger partial charge in [-0.2, -0.15) is 0 Å². The van der Waals surface area contributed by atoms with Crippen molar-refractivity contribution in [1.29, 1.82) is 0 Å². The number of para-hydroxylation sites is 1. The van der Waals surface area contributed by atoms with Gasteiger partial charge in [-0.05, 0) is 48.9 Å². The van der Waals surface area contributed by atoms with E-state index in [1.54, 1.807) is 12.1 Å². The van der Waals surface area contributed by atoms with Crippen LogP contribution in [0.5, 0.6) is 0 Å². The minimum absolute atomic E-state index is 0.0256. The molecule has 1 aromatic heterocycles. The normalized spacial score (nSPS) is 16.0. The van der Waals surface area contributed by atoms with Gasteiger partial charge < -0.3 is 15.1 Å². The van der Waals surface area contributed by atoms with Crippen LogP contribution in [0.3, 0.4) is 0 Å². The third-order valence-corrected chi connectivity index (χ3v) is 7.93. The number of nitrogens with one attached hydrogen (secondary N) is 2. The van der Waals surface area contributed by atoms with Crippen LogP contribution in [0, 0.1) is 11.8 Å². The van der Waals surface area contributed by atoms with Crippen LogP contribution in [0.15, 0.2) is 95.4 Å². The zero-order chi connectivity index (χ0) is 30.2. The van der Waals surface area contributed by atoms with Crippen molar-refractivity contribution in [2.45, 2.75) is 51.1 Å². The first kappa shape index (κ1) is 29.6. The van der Waals surface area contributed by atoms with Gasteiger partial charge in [0, 0.05) is 36.6 Å². The van der Waals surface area contributed by atoms with Gasteiger partial charge >= 0.3 is 0 Å². The molecule has 1 heterocycles. The van der Waals surface area contributed by atoms with E-state index in [9.17, 15) is 24.0 Å². The van der Waals surface area contributed by atoms with Crippen molar-refractivity contribution in [3.05, 3.63) is 108 Å². The average molecular weight is 579 g/mol. The number of ketones is 3. The van der Waals surface area contributed by atoms with Crippen LogP contribution in [0.2, 0.25) is 0 Å². The fourth-order valence-corrected chi connectivity index (χ4v) is 5.57. The van der Waals surface area contributed by atoms with E-state index in [1.165, 1.54) is 0 Å². The second-order valence-corrected chi connectivity index (χ2v) is 11.0. The standard InChI is InChI=1S/C35H34N2O6/c38-29-16-9-15-25(29)19-28(33(40)35(42)36-22-24-12-5-2-6-13-24)37-34(41)27(18-23-10-3-1-4-11-23)20-30(39)32-21-26-14-7-8-17-31(26)43-32/h1-8,10-14,17,21,25,27-28H,9,15-16,18-20,22H2,(H,36,42)(H,37,41)/t25-,27+,28-/m0/s1. The number of amides is 2. The fraction of sp³-hybridized carbons (Fsp3) is 0.286. The van der Waals surface area contributed by atoms with E-state index in [1.807, 2.05) is 78.9 Å². The maximum Gasteiger partial charge on any atom is 0.289 e. The SMILES string of the molecule is O=C(NCc1ccccc1)C(=O)[C@H](C[C@@H]1CCCC1=O)NC(=O)[C@@H](CC(=O)c1cc2ccccc2o1)Cc1ccccc1. The van der Waals surface area contributed by atoms with E-state index in [4.69, 9.17) is 4.42 Å². The largest absolute Gasteiger partial charge is 0.453 e. The maximum atomic E-state index is 13.8. The molecule has 1 aliphatic carbocycles. The minimum Gasteiger partial charge on any atom is -0.453 e. The molecule has 0 aliphatic heterocycles. The van der Waals surface area contributed by atoms with Gasteiger partial charge in [-0.25, -0.2) is 0 Å². The Kier molecular flexibility index (Phi) is 9.56. The summed E-state index contributed by atoms with van der Waals surface area (Å²) in [7, 11) is 0. The molecule has 0 saturated heterocycles. The van der Waals surface area contributed by atoms with Gasteiger partial charge in [-0.3, -0.25) is 24.0 Å². The quantitative estimate of drug-likeness (QED) is 0.170. The molecule has 8 heteroatoms. The molecule has 0 spiro atoms. The number of hydrogen-bond donors (Lipinski definition) is 2. The Morgan fingerprint density at radius 3 is 2.21 bits per heavy atom. The Hall–Kier alpha value is -4.85. The van der Waals surface area contributed by atoms with Gasteiger partial charge in [-0.1, -0.05) is 78.9 Å². The van der Waals surface area contributed by atoms with Gasteiger partial charge in [0.05, 0.1) is 6.04 Å². The average Bonchev–Trinajstić information content (AvgIpc) is 3.65. The van der Waals surface area contributed by atoms with E-state index in [-0.39, 0.29) is 43.1 Å². The number of hydrogen-bond acceptors (Lipinski definition) is 6. The number of carbonyl (C=O) groups excluding carboxylic acids is 5. The second-order valence-electron chi connectivity index (χ2n) is 11.0. The monoisotopic (exact) mass is 578 g/mol. The van der Waals surface area contributed by atoms with Crippen LogP contribution >= 0.6 is 0 Å². The number of furan rings is 1. The summed E-state index contributed by atoms with van der Waals surface area (Å²) >= 11 is 0. The predicted molar refractivity (Wildman–Crippen MR) is 161 cm³/mol. The van der Waals surface area contributed by atoms with Gasteiger partial charge in [0.2, 0.25) is 11.7 Å². The summed E-state index contributed by atoms with van der Waals surface area (Å²) in [5.74, 6) is -3.61. The molecule has 0 bridgehead atoms. The third-order valence-electron chi connectivity index (χ3n) is 7.93. The third kappa shape index (κ3) is 7.71. The zero-order valence-corrected chi connectivity index (χ0v) is 23.8. The Balaban J connectivity index is 1.34. The highest BCUT2D eigenvalue weighted by molar-refractivity contribution is 6.38. The lowest BCUT2D eigenvalue weighted by atomic mass is 9.90. The first-order chi connectivity index (χ1) is 20.9. The lowest BCUT2D eigenvalue weighted by molar-refractivity contribution is -0.141. The number of carbonyl (C=O) groups is 5. The van der Waals surface area contributed by atoms with Crippen molar-refractivity contribution in [3.8, 4) is 0 Å². The molecule has 0 radical (unpaired) electrons. The summed E-state index contributed by atoms with van der Waals surface area (Å²) in [5, 5.41) is 6.18. The highest BCUT2D eigenvalue weighted by atomic mass is 16.3. The highest BCUT2D eigenvalue weighted by Crippen LogP contribution is 2.27. The Bertz CT molecular complexity index is 1580. The molecule has 220 valence electrons. The summed E-state index contributed by atoms with van der Waals surface area (Å²) in [6.45, 7) is 0.150. The van der Waals surface area contributed by atoms with Crippen LogP contribution < -0.4 is 10.6 Å². The summed E-state index contributed by atoms with van der Waals surface area (Å²) in [6, 6.07) is 26.2. The molecule has 1 aliphatic rings. The van der Waals surface area contributed by atoms with Gasteiger partial charge in [0.25, 0.3) is 5.91 Å². The molecule has 5 rings (SSSR count). The van der Waals surface area contributed by atoms with Crippen LogP contribution in [0.25, 0.3) is 11.0 Å². The number of benzene rings is 3. The lowest BCUT2D eigenvalue weighted by Gasteiger charge is -2.23. The van der Waals surface area contributed by atoms with Gasteiger partial charge in [0.15, 0.2) is 11.5 Å². The first-order valence-corrected chi connectivity index (χ1v) is 14.6. The summed E-state index contributed by atoms with van der Waals surface area (Å²) in [5.41, 5.74) is 2.24. The molecule has 8 nitrogen and oxygen atoms in total. The summed E-state index contributed by atoms with van der Waals surface area (Å²) in [6.07, 6.45) is 1.84. The highest BCUT2D eigenvalue weighted by Gasteiger charge is 2.35. The van der Waals surface area contributed by atoms with E-state index in [0.717, 1.165) is 16.5 Å². The Labute approximate surface area is 249 Å². The molecular formula is C35H34N2O6. The van der Waals surface area contributed by atoms with Gasteiger partial charge in [-0.15, -0.1) is 0 Å². The van der Waals surface area contributed by atoms with Crippen LogP contribution in [0.4, 0.5) is 0 Å². The van der Waals surface area contributed by atoms with Crippen molar-refractivity contribution in [3.63, 3.8) is 0 Å². The Morgan fingerprint density at radius 2 is 1.53 bits per heavy atom. The molecule has 2 N–H and O–H groups in total. The van der Waals surface area contributed by atoms with Crippen molar-refractivity contribution in [2.24, 2.45) is 11.8 Å². The molecule has 3 atom stereocenters. The van der Waals surface area contributed by atoms with Crippen molar-refractivity contribution >= 4 is 40.1 Å². The molecule has 43 heavy (non-hydrogen) atoms. The zero-order valence-electron chi connectivity index (χ0n) is 23.8. The van der Waals surface area contributed by atoms with Crippen LogP contribution in [-0.4, -0.2) is 35.2 Å². The minimum atomic E-state index is -1.20. The molecule has 1 fully saturated rings. The summed E-state index contributed by atoms with van der Waals surface area (Å²) < 4.78 is 5.75. The molecular weight excluding hydrogens is 544 g/mol. The van der Waals surface area contributed by atoms with E-state index < -0.39 is 35.5 Å². The van der Waals surface area contributed by atoms with Gasteiger partial charge in [0.1, 0.15) is 11.4 Å². The topological polar surface area (TPSA) is 123 Å². The lowest BCUT2D eigenvalue weighted by Crippen LogP contribution is -2.50. The smallest absolute Gasteiger partial charge is 0.289 e. The molecule has 1 saturated carbocycles. The molecule has 2 amide bonds.